The van der Waals surface area contributed by atoms with Gasteiger partial charge < -0.3 is 20.7 Å². The zero-order chi connectivity index (χ0) is 21.2. The number of rotatable bonds is 7. The Balaban J connectivity index is 1.57. The maximum absolute atomic E-state index is 12.1. The smallest absolute Gasteiger partial charge is 0.251 e. The van der Waals surface area contributed by atoms with Crippen LogP contribution in [0.1, 0.15) is 54.9 Å². The minimum Gasteiger partial charge on any atom is -0.379 e. The molecule has 2 aliphatic rings. The van der Waals surface area contributed by atoms with E-state index < -0.39 is 0 Å². The van der Waals surface area contributed by atoms with Gasteiger partial charge in [0.2, 0.25) is 0 Å². The number of hydrogen-bond donors (Lipinski definition) is 3. The highest BCUT2D eigenvalue weighted by Gasteiger charge is 2.38. The van der Waals surface area contributed by atoms with Gasteiger partial charge in [-0.1, -0.05) is 31.4 Å². The fraction of sp³-hybridized carbons (Fsp3) is 0.652. The van der Waals surface area contributed by atoms with Crippen molar-refractivity contribution >= 4 is 11.9 Å². The van der Waals surface area contributed by atoms with Crippen molar-refractivity contribution in [3.05, 3.63) is 35.4 Å². The first-order valence-electron chi connectivity index (χ1n) is 11.3. The average Bonchev–Trinajstić information content (AvgIpc) is 2.81. The molecule has 166 valence electrons. The number of aliphatic imine (C=N–C) groups is 1. The monoisotopic (exact) mass is 415 g/mol. The molecule has 3 rings (SSSR count). The molecule has 1 heterocycles. The van der Waals surface area contributed by atoms with Gasteiger partial charge in [-0.3, -0.25) is 14.7 Å². The van der Waals surface area contributed by atoms with E-state index in [1.807, 2.05) is 38.2 Å². The summed E-state index contributed by atoms with van der Waals surface area (Å²) in [5.74, 6) is 0.767. The summed E-state index contributed by atoms with van der Waals surface area (Å²) in [4.78, 5) is 19.1. The molecule has 1 amide bonds. The quantitative estimate of drug-likeness (QED) is 0.470. The van der Waals surface area contributed by atoms with Crippen LogP contribution in [0.5, 0.6) is 0 Å². The van der Waals surface area contributed by atoms with E-state index in [0.717, 1.165) is 44.4 Å². The van der Waals surface area contributed by atoms with Crippen molar-refractivity contribution in [3.63, 3.8) is 0 Å². The summed E-state index contributed by atoms with van der Waals surface area (Å²) < 4.78 is 5.58. The minimum absolute atomic E-state index is 0.0355. The van der Waals surface area contributed by atoms with Crippen molar-refractivity contribution < 1.29 is 9.53 Å². The molecule has 0 spiro atoms. The number of benzene rings is 1. The van der Waals surface area contributed by atoms with Gasteiger partial charge in [0, 0.05) is 50.9 Å². The zero-order valence-corrected chi connectivity index (χ0v) is 18.5. The number of nitrogens with one attached hydrogen (secondary N) is 3. The van der Waals surface area contributed by atoms with Crippen LogP contribution >= 0.6 is 0 Å². The molecule has 1 saturated carbocycles. The standard InChI is InChI=1S/C23H37N5O2/c1-3-25-21(29)20-9-7-8-19(16-20)17-26-22(24-2)27-18-23(10-5-4-6-11-23)28-12-14-30-15-13-28/h7-9,16H,3-6,10-15,17-18H2,1-2H3,(H,25,29)(H2,24,26,27). The van der Waals surface area contributed by atoms with Crippen LogP contribution in [0, 0.1) is 0 Å². The fourth-order valence-electron chi connectivity index (χ4n) is 4.59. The second kappa shape index (κ2) is 11.3. The van der Waals surface area contributed by atoms with Crippen LogP contribution in [-0.2, 0) is 11.3 Å². The summed E-state index contributed by atoms with van der Waals surface area (Å²) in [5.41, 5.74) is 1.94. The fourth-order valence-corrected chi connectivity index (χ4v) is 4.59. The number of amides is 1. The molecule has 7 nitrogen and oxygen atoms in total. The van der Waals surface area contributed by atoms with Gasteiger partial charge in [0.05, 0.1) is 13.2 Å². The van der Waals surface area contributed by atoms with Gasteiger partial charge in [-0.15, -0.1) is 0 Å². The molecule has 0 atom stereocenters. The molecule has 7 heteroatoms. The van der Waals surface area contributed by atoms with E-state index >= 15 is 0 Å². The van der Waals surface area contributed by atoms with Crippen molar-refractivity contribution in [2.24, 2.45) is 4.99 Å². The third-order valence-corrected chi connectivity index (χ3v) is 6.26. The Kier molecular flexibility index (Phi) is 8.51. The lowest BCUT2D eigenvalue weighted by Crippen LogP contribution is -2.60. The second-order valence-corrected chi connectivity index (χ2v) is 8.22. The summed E-state index contributed by atoms with van der Waals surface area (Å²) in [6.45, 7) is 7.76. The summed E-state index contributed by atoms with van der Waals surface area (Å²) in [6, 6.07) is 7.73. The molecule has 3 N–H and O–H groups in total. The predicted molar refractivity (Wildman–Crippen MR) is 121 cm³/mol. The molecule has 0 radical (unpaired) electrons. The van der Waals surface area contributed by atoms with Crippen LogP contribution in [0.25, 0.3) is 0 Å². The van der Waals surface area contributed by atoms with E-state index in [1.54, 1.807) is 0 Å². The molecular weight excluding hydrogens is 378 g/mol. The third kappa shape index (κ3) is 5.95. The van der Waals surface area contributed by atoms with Crippen LogP contribution in [0.4, 0.5) is 0 Å². The normalized spacial score (nSPS) is 19.9. The Morgan fingerprint density at radius 1 is 1.13 bits per heavy atom. The Labute approximate surface area is 180 Å². The number of guanidine groups is 1. The zero-order valence-electron chi connectivity index (χ0n) is 18.5. The van der Waals surface area contributed by atoms with E-state index in [9.17, 15) is 4.79 Å². The Morgan fingerprint density at radius 3 is 2.60 bits per heavy atom. The van der Waals surface area contributed by atoms with Gasteiger partial charge in [0.15, 0.2) is 5.96 Å². The van der Waals surface area contributed by atoms with E-state index in [2.05, 4.69) is 25.8 Å². The van der Waals surface area contributed by atoms with Crippen LogP contribution in [0.3, 0.4) is 0 Å². The van der Waals surface area contributed by atoms with Gasteiger partial charge in [-0.05, 0) is 37.5 Å². The summed E-state index contributed by atoms with van der Waals surface area (Å²) in [7, 11) is 1.81. The highest BCUT2D eigenvalue weighted by molar-refractivity contribution is 5.94. The van der Waals surface area contributed by atoms with Crippen LogP contribution < -0.4 is 16.0 Å². The van der Waals surface area contributed by atoms with E-state index in [1.165, 1.54) is 32.1 Å². The molecule has 1 aliphatic heterocycles. The Morgan fingerprint density at radius 2 is 1.90 bits per heavy atom. The van der Waals surface area contributed by atoms with E-state index in [4.69, 9.17) is 4.74 Å². The molecule has 0 unspecified atom stereocenters. The topological polar surface area (TPSA) is 78.0 Å². The highest BCUT2D eigenvalue weighted by Crippen LogP contribution is 2.33. The molecule has 2 fully saturated rings. The number of ether oxygens (including phenoxy) is 1. The predicted octanol–water partition coefficient (Wildman–Crippen LogP) is 2.14. The van der Waals surface area contributed by atoms with Crippen molar-refractivity contribution in [1.82, 2.24) is 20.9 Å². The van der Waals surface area contributed by atoms with Crippen LogP contribution in [-0.4, -0.2) is 68.7 Å². The van der Waals surface area contributed by atoms with Crippen molar-refractivity contribution in [2.45, 2.75) is 51.1 Å². The molecule has 1 aliphatic carbocycles. The summed E-state index contributed by atoms with van der Waals surface area (Å²) in [6.07, 6.45) is 6.37. The average molecular weight is 416 g/mol. The first kappa shape index (κ1) is 22.6. The maximum atomic E-state index is 12.1. The van der Waals surface area contributed by atoms with Crippen LogP contribution in [0.15, 0.2) is 29.3 Å². The van der Waals surface area contributed by atoms with Gasteiger partial charge in [0.25, 0.3) is 5.91 Å². The Hall–Kier alpha value is -2.12. The second-order valence-electron chi connectivity index (χ2n) is 8.22. The lowest BCUT2D eigenvalue weighted by molar-refractivity contribution is -0.0352. The van der Waals surface area contributed by atoms with Gasteiger partial charge in [-0.2, -0.15) is 0 Å². The van der Waals surface area contributed by atoms with Crippen molar-refractivity contribution in [3.8, 4) is 0 Å². The maximum Gasteiger partial charge on any atom is 0.251 e. The van der Waals surface area contributed by atoms with Gasteiger partial charge >= 0.3 is 0 Å². The lowest BCUT2D eigenvalue weighted by Gasteiger charge is -2.48. The SMILES string of the molecule is CCNC(=O)c1cccc(CNC(=NC)NCC2(N3CCOCC3)CCCCC2)c1. The minimum atomic E-state index is -0.0355. The van der Waals surface area contributed by atoms with Crippen molar-refractivity contribution in [1.29, 1.82) is 0 Å². The molecule has 1 aromatic carbocycles. The van der Waals surface area contributed by atoms with Crippen LogP contribution in [0.2, 0.25) is 0 Å². The summed E-state index contributed by atoms with van der Waals surface area (Å²) in [5, 5.41) is 9.84. The number of carbonyl (C=O) groups is 1. The van der Waals surface area contributed by atoms with Gasteiger partial charge in [0.1, 0.15) is 0 Å². The molecular formula is C23H37N5O2. The number of morpholine rings is 1. The molecule has 1 saturated heterocycles. The Bertz CT molecular complexity index is 709. The number of hydrogen-bond acceptors (Lipinski definition) is 4. The third-order valence-electron chi connectivity index (χ3n) is 6.26. The number of nitrogens with zero attached hydrogens (tertiary/aromatic N) is 2. The van der Waals surface area contributed by atoms with E-state index in [-0.39, 0.29) is 11.4 Å². The molecule has 1 aromatic rings. The molecule has 0 bridgehead atoms. The number of carbonyl (C=O) groups excluding carboxylic acids is 1. The van der Waals surface area contributed by atoms with E-state index in [0.29, 0.717) is 18.7 Å². The first-order valence-corrected chi connectivity index (χ1v) is 11.3. The first-order chi connectivity index (χ1) is 14.7. The van der Waals surface area contributed by atoms with Gasteiger partial charge in [-0.25, -0.2) is 0 Å². The highest BCUT2D eigenvalue weighted by atomic mass is 16.5. The van der Waals surface area contributed by atoms with Crippen molar-refractivity contribution in [2.75, 3.05) is 46.4 Å². The largest absolute Gasteiger partial charge is 0.379 e. The molecule has 0 aromatic heterocycles. The molecule has 30 heavy (non-hydrogen) atoms. The summed E-state index contributed by atoms with van der Waals surface area (Å²) >= 11 is 0. The lowest BCUT2D eigenvalue weighted by atomic mass is 9.80.